The lowest BCUT2D eigenvalue weighted by molar-refractivity contribution is 0.488. The molecule has 2 aromatic rings. The van der Waals surface area contributed by atoms with Crippen molar-refractivity contribution < 1.29 is 0 Å². The summed E-state index contributed by atoms with van der Waals surface area (Å²) in [6.45, 7) is 5.38. The second-order valence-corrected chi connectivity index (χ2v) is 5.22. The fourth-order valence-electron chi connectivity index (χ4n) is 2.47. The summed E-state index contributed by atoms with van der Waals surface area (Å²) < 4.78 is 1.95. The molecule has 0 fully saturated rings. The van der Waals surface area contributed by atoms with Gasteiger partial charge in [-0.3, -0.25) is 9.67 Å². The van der Waals surface area contributed by atoms with E-state index in [-0.39, 0.29) is 0 Å². The fraction of sp³-hybridized carbons (Fsp3) is 0.500. The Morgan fingerprint density at radius 1 is 1.30 bits per heavy atom. The first kappa shape index (κ1) is 14.7. The van der Waals surface area contributed by atoms with Crippen LogP contribution in [0.25, 0.3) is 0 Å². The van der Waals surface area contributed by atoms with E-state index in [2.05, 4.69) is 41.4 Å². The molecular formula is C16H24N4. The number of rotatable bonds is 7. The largest absolute Gasteiger partial charge is 0.310 e. The van der Waals surface area contributed by atoms with Crippen molar-refractivity contribution in [3.8, 4) is 0 Å². The van der Waals surface area contributed by atoms with Crippen LogP contribution in [-0.2, 0) is 13.5 Å². The van der Waals surface area contributed by atoms with Gasteiger partial charge < -0.3 is 5.32 Å². The van der Waals surface area contributed by atoms with E-state index in [9.17, 15) is 0 Å². The Kier molecular flexibility index (Phi) is 5.30. The Hall–Kier alpha value is -1.68. The molecule has 0 spiro atoms. The predicted octanol–water partition coefficient (Wildman–Crippen LogP) is 2.80. The highest BCUT2D eigenvalue weighted by Crippen LogP contribution is 2.21. The number of hydrogen-bond acceptors (Lipinski definition) is 3. The van der Waals surface area contributed by atoms with E-state index in [1.54, 1.807) is 0 Å². The molecule has 0 radical (unpaired) electrons. The molecule has 108 valence electrons. The smallest absolute Gasteiger partial charge is 0.0492 e. The second kappa shape index (κ2) is 7.20. The normalized spacial score (nSPS) is 12.6. The SMILES string of the molecule is CCCNC(CCc1ccnn1C)c1cnccc1C. The van der Waals surface area contributed by atoms with Crippen LogP contribution in [0.15, 0.2) is 30.7 Å². The van der Waals surface area contributed by atoms with Gasteiger partial charge in [-0.1, -0.05) is 6.92 Å². The highest BCUT2D eigenvalue weighted by atomic mass is 15.2. The van der Waals surface area contributed by atoms with Crippen LogP contribution in [0.2, 0.25) is 0 Å². The maximum absolute atomic E-state index is 4.28. The Labute approximate surface area is 121 Å². The minimum Gasteiger partial charge on any atom is -0.310 e. The zero-order chi connectivity index (χ0) is 14.4. The molecule has 0 aliphatic heterocycles. The van der Waals surface area contributed by atoms with Gasteiger partial charge in [0.2, 0.25) is 0 Å². The molecule has 2 rings (SSSR count). The molecule has 4 heteroatoms. The fourth-order valence-corrected chi connectivity index (χ4v) is 2.47. The minimum atomic E-state index is 0.360. The van der Waals surface area contributed by atoms with Crippen LogP contribution in [0, 0.1) is 6.92 Å². The Balaban J connectivity index is 2.08. The first-order chi connectivity index (χ1) is 9.72. The van der Waals surface area contributed by atoms with Gasteiger partial charge >= 0.3 is 0 Å². The summed E-state index contributed by atoms with van der Waals surface area (Å²) >= 11 is 0. The summed E-state index contributed by atoms with van der Waals surface area (Å²) in [6.07, 6.45) is 8.93. The molecule has 1 N–H and O–H groups in total. The molecule has 2 aromatic heterocycles. The van der Waals surface area contributed by atoms with Crippen molar-refractivity contribution in [3.05, 3.63) is 47.5 Å². The van der Waals surface area contributed by atoms with Crippen molar-refractivity contribution in [2.45, 2.75) is 39.2 Å². The molecule has 0 amide bonds. The number of nitrogens with zero attached hydrogens (tertiary/aromatic N) is 3. The van der Waals surface area contributed by atoms with Gasteiger partial charge in [0.25, 0.3) is 0 Å². The standard InChI is InChI=1S/C16H24N4/c1-4-9-18-16(15-12-17-10-7-13(15)2)6-5-14-8-11-19-20(14)3/h7-8,10-12,16,18H,4-6,9H2,1-3H3. The van der Waals surface area contributed by atoms with Gasteiger partial charge in [0, 0.05) is 37.4 Å². The third kappa shape index (κ3) is 3.67. The molecule has 0 aliphatic carbocycles. The van der Waals surface area contributed by atoms with Crippen molar-refractivity contribution in [1.29, 1.82) is 0 Å². The van der Waals surface area contributed by atoms with E-state index in [1.807, 2.05) is 30.3 Å². The van der Waals surface area contributed by atoms with Crippen molar-refractivity contribution in [3.63, 3.8) is 0 Å². The molecule has 1 atom stereocenters. The monoisotopic (exact) mass is 272 g/mol. The van der Waals surface area contributed by atoms with E-state index in [0.717, 1.165) is 25.8 Å². The maximum Gasteiger partial charge on any atom is 0.0492 e. The lowest BCUT2D eigenvalue weighted by Crippen LogP contribution is -2.24. The number of hydrogen-bond donors (Lipinski definition) is 1. The van der Waals surface area contributed by atoms with Gasteiger partial charge in [0.15, 0.2) is 0 Å². The Morgan fingerprint density at radius 3 is 2.80 bits per heavy atom. The van der Waals surface area contributed by atoms with Crippen molar-refractivity contribution in [2.75, 3.05) is 6.54 Å². The molecule has 0 aromatic carbocycles. The minimum absolute atomic E-state index is 0.360. The van der Waals surface area contributed by atoms with E-state index in [4.69, 9.17) is 0 Å². The van der Waals surface area contributed by atoms with Crippen LogP contribution in [-0.4, -0.2) is 21.3 Å². The van der Waals surface area contributed by atoms with Crippen LogP contribution >= 0.6 is 0 Å². The summed E-state index contributed by atoms with van der Waals surface area (Å²) in [6, 6.07) is 4.53. The van der Waals surface area contributed by atoms with E-state index in [1.165, 1.54) is 16.8 Å². The summed E-state index contributed by atoms with van der Waals surface area (Å²) in [5.74, 6) is 0. The molecular weight excluding hydrogens is 248 g/mol. The summed E-state index contributed by atoms with van der Waals surface area (Å²) in [5, 5.41) is 7.87. The topological polar surface area (TPSA) is 42.7 Å². The van der Waals surface area contributed by atoms with Crippen LogP contribution in [0.4, 0.5) is 0 Å². The van der Waals surface area contributed by atoms with E-state index in [0.29, 0.717) is 6.04 Å². The van der Waals surface area contributed by atoms with Crippen LogP contribution in [0.3, 0.4) is 0 Å². The van der Waals surface area contributed by atoms with Crippen LogP contribution in [0.5, 0.6) is 0 Å². The van der Waals surface area contributed by atoms with Crippen molar-refractivity contribution >= 4 is 0 Å². The van der Waals surface area contributed by atoms with Crippen LogP contribution < -0.4 is 5.32 Å². The van der Waals surface area contributed by atoms with E-state index >= 15 is 0 Å². The lowest BCUT2D eigenvalue weighted by Gasteiger charge is -2.20. The summed E-state index contributed by atoms with van der Waals surface area (Å²) in [7, 11) is 2.00. The molecule has 0 bridgehead atoms. The van der Waals surface area contributed by atoms with Gasteiger partial charge in [0.05, 0.1) is 0 Å². The molecule has 20 heavy (non-hydrogen) atoms. The highest BCUT2D eigenvalue weighted by molar-refractivity contribution is 5.25. The number of nitrogens with one attached hydrogen (secondary N) is 1. The summed E-state index contributed by atoms with van der Waals surface area (Å²) in [5.41, 5.74) is 3.89. The van der Waals surface area contributed by atoms with Crippen LogP contribution in [0.1, 0.15) is 42.6 Å². The van der Waals surface area contributed by atoms with Gasteiger partial charge in [-0.2, -0.15) is 5.10 Å². The third-order valence-corrected chi connectivity index (χ3v) is 3.71. The Morgan fingerprint density at radius 2 is 2.15 bits per heavy atom. The molecule has 0 aliphatic rings. The summed E-state index contributed by atoms with van der Waals surface area (Å²) in [4.78, 5) is 4.28. The van der Waals surface area contributed by atoms with Crippen molar-refractivity contribution in [2.24, 2.45) is 7.05 Å². The first-order valence-corrected chi connectivity index (χ1v) is 7.33. The average Bonchev–Trinajstić information content (AvgIpc) is 2.86. The lowest BCUT2D eigenvalue weighted by atomic mass is 9.98. The molecule has 2 heterocycles. The van der Waals surface area contributed by atoms with E-state index < -0.39 is 0 Å². The molecule has 0 saturated heterocycles. The van der Waals surface area contributed by atoms with Gasteiger partial charge in [-0.05, 0) is 56.0 Å². The zero-order valence-electron chi connectivity index (χ0n) is 12.6. The zero-order valence-corrected chi connectivity index (χ0v) is 12.6. The van der Waals surface area contributed by atoms with Crippen molar-refractivity contribution in [1.82, 2.24) is 20.1 Å². The quantitative estimate of drug-likeness (QED) is 0.843. The molecule has 4 nitrogen and oxygen atoms in total. The first-order valence-electron chi connectivity index (χ1n) is 7.33. The highest BCUT2D eigenvalue weighted by Gasteiger charge is 2.14. The number of pyridine rings is 1. The van der Waals surface area contributed by atoms with Gasteiger partial charge in [-0.25, -0.2) is 0 Å². The maximum atomic E-state index is 4.28. The third-order valence-electron chi connectivity index (χ3n) is 3.71. The second-order valence-electron chi connectivity index (χ2n) is 5.22. The molecule has 1 unspecified atom stereocenters. The predicted molar refractivity (Wildman–Crippen MR) is 81.5 cm³/mol. The number of aryl methyl sites for hydroxylation is 3. The molecule has 0 saturated carbocycles. The van der Waals surface area contributed by atoms with Gasteiger partial charge in [0.1, 0.15) is 0 Å². The Bertz CT molecular complexity index is 533. The average molecular weight is 272 g/mol. The van der Waals surface area contributed by atoms with Gasteiger partial charge in [-0.15, -0.1) is 0 Å². The number of aromatic nitrogens is 3.